The summed E-state index contributed by atoms with van der Waals surface area (Å²) in [7, 11) is 0. The van der Waals surface area contributed by atoms with Crippen LogP contribution in [0.3, 0.4) is 0 Å². The maximum atomic E-state index is 11.0. The Hall–Kier alpha value is -0.610. The molecule has 0 aromatic carbocycles. The first-order chi connectivity index (χ1) is 5.75. The first kappa shape index (κ1) is 9.48. The Labute approximate surface area is 71.9 Å². The average Bonchev–Trinajstić information content (AvgIpc) is 2.55. The lowest BCUT2D eigenvalue weighted by atomic mass is 10.1. The lowest BCUT2D eigenvalue weighted by molar-refractivity contribution is -0.154. The quantitative estimate of drug-likeness (QED) is 0.573. The topological polar surface area (TPSA) is 58.6 Å². The van der Waals surface area contributed by atoms with Crippen LogP contribution in [-0.4, -0.2) is 36.4 Å². The number of esters is 1. The molecule has 2 atom stereocenters. The van der Waals surface area contributed by atoms with Crippen molar-refractivity contribution in [3.63, 3.8) is 0 Å². The Morgan fingerprint density at radius 3 is 3.08 bits per heavy atom. The van der Waals surface area contributed by atoms with Gasteiger partial charge in [-0.2, -0.15) is 0 Å². The lowest BCUT2D eigenvalue weighted by Crippen LogP contribution is -2.41. The van der Waals surface area contributed by atoms with Gasteiger partial charge in [0.1, 0.15) is 0 Å². The molecule has 70 valence electrons. The van der Waals surface area contributed by atoms with E-state index in [-0.39, 0.29) is 6.04 Å². The van der Waals surface area contributed by atoms with Crippen LogP contribution in [0.4, 0.5) is 0 Å². The van der Waals surface area contributed by atoms with Gasteiger partial charge in [-0.05, 0) is 26.3 Å². The molecule has 1 saturated heterocycles. The zero-order chi connectivity index (χ0) is 8.97. The van der Waals surface area contributed by atoms with E-state index >= 15 is 0 Å². The number of aliphatic hydroxyl groups excluding tert-OH is 1. The minimum Gasteiger partial charge on any atom is -0.464 e. The molecule has 1 aliphatic rings. The fraction of sp³-hybridized carbons (Fsp3) is 0.875. The molecule has 0 saturated carbocycles. The standard InChI is InChI=1S/C8H15NO3/c1-2-12-8(11)7(10)6-4-3-5-9-6/h6-7,9-10H,2-5H2,1H3. The highest BCUT2D eigenvalue weighted by atomic mass is 16.5. The predicted molar refractivity (Wildman–Crippen MR) is 43.7 cm³/mol. The summed E-state index contributed by atoms with van der Waals surface area (Å²) in [6, 6.07) is -0.107. The van der Waals surface area contributed by atoms with Crippen LogP contribution in [0, 0.1) is 0 Å². The molecule has 0 aromatic rings. The highest BCUT2D eigenvalue weighted by molar-refractivity contribution is 5.75. The third kappa shape index (κ3) is 2.19. The van der Waals surface area contributed by atoms with Crippen LogP contribution in [0.1, 0.15) is 19.8 Å². The first-order valence-electron chi connectivity index (χ1n) is 4.33. The number of hydrogen-bond donors (Lipinski definition) is 2. The molecule has 0 bridgehead atoms. The molecule has 4 heteroatoms. The van der Waals surface area contributed by atoms with Crippen molar-refractivity contribution in [3.05, 3.63) is 0 Å². The fourth-order valence-corrected chi connectivity index (χ4v) is 1.37. The Morgan fingerprint density at radius 1 is 1.83 bits per heavy atom. The second-order valence-electron chi connectivity index (χ2n) is 2.90. The molecule has 12 heavy (non-hydrogen) atoms. The molecule has 2 unspecified atom stereocenters. The fourth-order valence-electron chi connectivity index (χ4n) is 1.37. The molecular formula is C8H15NO3. The summed E-state index contributed by atoms with van der Waals surface area (Å²) >= 11 is 0. The van der Waals surface area contributed by atoms with E-state index in [2.05, 4.69) is 10.1 Å². The number of nitrogens with one attached hydrogen (secondary N) is 1. The second-order valence-corrected chi connectivity index (χ2v) is 2.90. The molecule has 0 spiro atoms. The minimum atomic E-state index is -0.993. The van der Waals surface area contributed by atoms with Crippen LogP contribution in [0.25, 0.3) is 0 Å². The van der Waals surface area contributed by atoms with Crippen molar-refractivity contribution < 1.29 is 14.6 Å². The van der Waals surface area contributed by atoms with Gasteiger partial charge in [0.25, 0.3) is 0 Å². The molecule has 0 aromatic heterocycles. The Bertz CT molecular complexity index is 154. The van der Waals surface area contributed by atoms with Crippen LogP contribution in [-0.2, 0) is 9.53 Å². The predicted octanol–water partition coefficient (Wildman–Crippen LogP) is -0.338. The van der Waals surface area contributed by atoms with Gasteiger partial charge in [0.05, 0.1) is 6.61 Å². The number of rotatable bonds is 3. The van der Waals surface area contributed by atoms with Crippen molar-refractivity contribution in [2.75, 3.05) is 13.2 Å². The van der Waals surface area contributed by atoms with Crippen LogP contribution < -0.4 is 5.32 Å². The third-order valence-electron chi connectivity index (χ3n) is 2.01. The molecule has 0 aliphatic carbocycles. The van der Waals surface area contributed by atoms with Gasteiger partial charge in [0.15, 0.2) is 6.10 Å². The SMILES string of the molecule is CCOC(=O)C(O)C1CCCN1. The van der Waals surface area contributed by atoms with Crippen LogP contribution in [0.5, 0.6) is 0 Å². The van der Waals surface area contributed by atoms with E-state index in [1.807, 2.05) is 0 Å². The van der Waals surface area contributed by atoms with Gasteiger partial charge in [-0.3, -0.25) is 0 Å². The summed E-state index contributed by atoms with van der Waals surface area (Å²) in [5, 5.41) is 12.5. The summed E-state index contributed by atoms with van der Waals surface area (Å²) in [6.45, 7) is 2.93. The zero-order valence-electron chi connectivity index (χ0n) is 7.25. The largest absolute Gasteiger partial charge is 0.464 e. The molecule has 1 aliphatic heterocycles. The summed E-state index contributed by atoms with van der Waals surface area (Å²) in [5.74, 6) is -0.517. The number of carbonyl (C=O) groups excluding carboxylic acids is 1. The number of carbonyl (C=O) groups is 1. The third-order valence-corrected chi connectivity index (χ3v) is 2.01. The summed E-state index contributed by atoms with van der Waals surface area (Å²) in [5.41, 5.74) is 0. The van der Waals surface area contributed by atoms with Crippen molar-refractivity contribution in [1.82, 2.24) is 5.32 Å². The molecule has 2 N–H and O–H groups in total. The van der Waals surface area contributed by atoms with E-state index in [1.165, 1.54) is 0 Å². The highest BCUT2D eigenvalue weighted by Crippen LogP contribution is 2.10. The van der Waals surface area contributed by atoms with E-state index in [4.69, 9.17) is 0 Å². The van der Waals surface area contributed by atoms with E-state index in [9.17, 15) is 9.90 Å². The van der Waals surface area contributed by atoms with Crippen molar-refractivity contribution >= 4 is 5.97 Å². The first-order valence-corrected chi connectivity index (χ1v) is 4.33. The van der Waals surface area contributed by atoms with Gasteiger partial charge in [0.2, 0.25) is 0 Å². The van der Waals surface area contributed by atoms with Crippen LogP contribution in [0.2, 0.25) is 0 Å². The molecule has 0 amide bonds. The molecule has 1 heterocycles. The van der Waals surface area contributed by atoms with Gasteiger partial charge in [-0.25, -0.2) is 4.79 Å². The van der Waals surface area contributed by atoms with Crippen LogP contribution >= 0.6 is 0 Å². The monoisotopic (exact) mass is 173 g/mol. The van der Waals surface area contributed by atoms with E-state index < -0.39 is 12.1 Å². The molecular weight excluding hydrogens is 158 g/mol. The zero-order valence-corrected chi connectivity index (χ0v) is 7.25. The van der Waals surface area contributed by atoms with Crippen LogP contribution in [0.15, 0.2) is 0 Å². The smallest absolute Gasteiger partial charge is 0.336 e. The number of hydrogen-bond acceptors (Lipinski definition) is 4. The van der Waals surface area contributed by atoms with Crippen molar-refractivity contribution in [2.45, 2.75) is 31.9 Å². The van der Waals surface area contributed by atoms with E-state index in [0.29, 0.717) is 6.61 Å². The summed E-state index contributed by atoms with van der Waals surface area (Å²) in [4.78, 5) is 11.0. The normalized spacial score (nSPS) is 25.3. The average molecular weight is 173 g/mol. The number of aliphatic hydroxyl groups is 1. The van der Waals surface area contributed by atoms with Gasteiger partial charge in [-0.15, -0.1) is 0 Å². The minimum absolute atomic E-state index is 0.107. The van der Waals surface area contributed by atoms with E-state index in [0.717, 1.165) is 19.4 Å². The van der Waals surface area contributed by atoms with Crippen molar-refractivity contribution in [3.8, 4) is 0 Å². The molecule has 1 fully saturated rings. The number of ether oxygens (including phenoxy) is 1. The highest BCUT2D eigenvalue weighted by Gasteiger charge is 2.29. The van der Waals surface area contributed by atoms with Gasteiger partial charge < -0.3 is 15.2 Å². The van der Waals surface area contributed by atoms with E-state index in [1.54, 1.807) is 6.92 Å². The summed E-state index contributed by atoms with van der Waals surface area (Å²) in [6.07, 6.45) is 0.869. The molecule has 0 radical (unpaired) electrons. The molecule has 4 nitrogen and oxygen atoms in total. The Balaban J connectivity index is 2.34. The molecule has 1 rings (SSSR count). The Kier molecular flexibility index (Phi) is 3.49. The lowest BCUT2D eigenvalue weighted by Gasteiger charge is -2.15. The van der Waals surface area contributed by atoms with Gasteiger partial charge >= 0.3 is 5.97 Å². The van der Waals surface area contributed by atoms with Crippen molar-refractivity contribution in [1.29, 1.82) is 0 Å². The van der Waals surface area contributed by atoms with Gasteiger partial charge in [-0.1, -0.05) is 0 Å². The summed E-state index contributed by atoms with van der Waals surface area (Å²) < 4.78 is 4.69. The van der Waals surface area contributed by atoms with Gasteiger partial charge in [0, 0.05) is 6.04 Å². The Morgan fingerprint density at radius 2 is 2.58 bits per heavy atom. The van der Waals surface area contributed by atoms with Crippen molar-refractivity contribution in [2.24, 2.45) is 0 Å². The second kappa shape index (κ2) is 4.42. The maximum Gasteiger partial charge on any atom is 0.336 e. The maximum absolute atomic E-state index is 11.0.